The summed E-state index contributed by atoms with van der Waals surface area (Å²) in [5.41, 5.74) is -0.704. The quantitative estimate of drug-likeness (QED) is 0.508. The molecule has 0 fully saturated rings. The van der Waals surface area contributed by atoms with Crippen molar-refractivity contribution < 1.29 is 48.3 Å². The summed E-state index contributed by atoms with van der Waals surface area (Å²) < 4.78 is 18.7. The van der Waals surface area contributed by atoms with Gasteiger partial charge in [-0.3, -0.25) is 9.59 Å². The predicted octanol–water partition coefficient (Wildman–Crippen LogP) is 0.185. The van der Waals surface area contributed by atoms with Crippen LogP contribution in [0.1, 0.15) is 6.42 Å². The lowest BCUT2D eigenvalue weighted by atomic mass is 9.61. The van der Waals surface area contributed by atoms with Crippen LogP contribution in [0.2, 0.25) is 0 Å². The molecule has 0 saturated carbocycles. The fourth-order valence-electron chi connectivity index (χ4n) is 3.75. The third-order valence-electron chi connectivity index (χ3n) is 4.92. The summed E-state index contributed by atoms with van der Waals surface area (Å²) in [4.78, 5) is 49.0. The minimum absolute atomic E-state index is 0.0947. The van der Waals surface area contributed by atoms with Crippen molar-refractivity contribution in [1.82, 2.24) is 0 Å². The fourth-order valence-corrected chi connectivity index (χ4v) is 3.75. The number of carbonyl (C=O) groups excluding carboxylic acids is 4. The van der Waals surface area contributed by atoms with Crippen LogP contribution in [0.4, 0.5) is 0 Å². The lowest BCUT2D eigenvalue weighted by Crippen LogP contribution is -2.47. The molecular formula is C17H20O10. The van der Waals surface area contributed by atoms with E-state index in [1.165, 1.54) is 0 Å². The van der Waals surface area contributed by atoms with Gasteiger partial charge in [-0.15, -0.1) is 0 Å². The molecule has 0 spiro atoms. The first kappa shape index (κ1) is 20.3. The number of hydrogen-bond donors (Lipinski definition) is 2. The summed E-state index contributed by atoms with van der Waals surface area (Å²) in [5, 5.41) is 21.3. The van der Waals surface area contributed by atoms with Crippen LogP contribution in [0.25, 0.3) is 0 Å². The van der Waals surface area contributed by atoms with Crippen molar-refractivity contribution in [2.45, 2.75) is 6.42 Å². The number of fused-ring (bicyclic) bond motifs is 2. The van der Waals surface area contributed by atoms with Gasteiger partial charge in [0.05, 0.1) is 39.6 Å². The Labute approximate surface area is 154 Å². The van der Waals surface area contributed by atoms with E-state index in [-0.39, 0.29) is 17.6 Å². The zero-order valence-electron chi connectivity index (χ0n) is 15.2. The average molecular weight is 384 g/mol. The van der Waals surface area contributed by atoms with Gasteiger partial charge >= 0.3 is 23.9 Å². The second-order valence-corrected chi connectivity index (χ2v) is 6.03. The Balaban J connectivity index is 2.78. The molecule has 4 atom stereocenters. The van der Waals surface area contributed by atoms with E-state index in [1.807, 2.05) is 0 Å². The van der Waals surface area contributed by atoms with E-state index < -0.39 is 59.1 Å². The SMILES string of the molecule is COC(=O)C1=C(O)[C@@H](C(=O)OC)[C@H]2C[C@@H]1[C@H](C(=O)OC)C(O)=C2C(=O)OC. The van der Waals surface area contributed by atoms with Crippen molar-refractivity contribution in [3.8, 4) is 0 Å². The molecule has 2 bridgehead atoms. The van der Waals surface area contributed by atoms with Gasteiger partial charge in [-0.2, -0.15) is 0 Å². The standard InChI is InChI=1S/C17H20O10/c1-24-14(20)8-6-5-7(10(12(8)18)16(22)26-3)11(17(23)27-4)13(19)9(6)15(21)25-2/h6-8,11,18-19H,5H2,1-4H3/t6-,7+,8+,11+/m1/s1. The topological polar surface area (TPSA) is 146 Å². The highest BCUT2D eigenvalue weighted by Crippen LogP contribution is 2.51. The van der Waals surface area contributed by atoms with Gasteiger partial charge in [0.1, 0.15) is 23.4 Å². The summed E-state index contributed by atoms with van der Waals surface area (Å²) in [6.07, 6.45) is -0.0947. The van der Waals surface area contributed by atoms with Gasteiger partial charge < -0.3 is 29.2 Å². The summed E-state index contributed by atoms with van der Waals surface area (Å²) in [6, 6.07) is 0. The minimum atomic E-state index is -1.45. The largest absolute Gasteiger partial charge is 0.511 e. The summed E-state index contributed by atoms with van der Waals surface area (Å²) in [6.45, 7) is 0. The van der Waals surface area contributed by atoms with Crippen LogP contribution in [-0.4, -0.2) is 62.5 Å². The molecule has 10 nitrogen and oxygen atoms in total. The number of rotatable bonds is 4. The summed E-state index contributed by atoms with van der Waals surface area (Å²) in [7, 11) is 4.27. The zero-order valence-corrected chi connectivity index (χ0v) is 15.2. The highest BCUT2D eigenvalue weighted by atomic mass is 16.5. The monoisotopic (exact) mass is 384 g/mol. The molecule has 2 aliphatic carbocycles. The molecule has 0 heterocycles. The van der Waals surface area contributed by atoms with Crippen LogP contribution >= 0.6 is 0 Å². The van der Waals surface area contributed by atoms with Crippen molar-refractivity contribution in [3.63, 3.8) is 0 Å². The van der Waals surface area contributed by atoms with Gasteiger partial charge in [-0.25, -0.2) is 9.59 Å². The maximum absolute atomic E-state index is 12.3. The molecule has 0 aromatic heterocycles. The molecule has 27 heavy (non-hydrogen) atoms. The number of esters is 4. The molecule has 0 amide bonds. The van der Waals surface area contributed by atoms with Crippen molar-refractivity contribution >= 4 is 23.9 Å². The summed E-state index contributed by atoms with van der Waals surface area (Å²) >= 11 is 0. The lowest BCUT2D eigenvalue weighted by Gasteiger charge is -2.42. The van der Waals surface area contributed by atoms with Gasteiger partial charge in [0.2, 0.25) is 0 Å². The molecule has 2 rings (SSSR count). The van der Waals surface area contributed by atoms with E-state index in [9.17, 15) is 29.4 Å². The molecule has 2 aliphatic rings. The first-order valence-corrected chi connectivity index (χ1v) is 7.93. The Bertz CT molecular complexity index is 685. The number of aliphatic hydroxyl groups is 2. The van der Waals surface area contributed by atoms with Crippen LogP contribution in [0, 0.1) is 23.7 Å². The maximum Gasteiger partial charge on any atom is 0.337 e. The van der Waals surface area contributed by atoms with E-state index >= 15 is 0 Å². The fraction of sp³-hybridized carbons (Fsp3) is 0.529. The Morgan fingerprint density at radius 2 is 1.04 bits per heavy atom. The minimum Gasteiger partial charge on any atom is -0.511 e. The number of aliphatic hydroxyl groups excluding tert-OH is 2. The molecule has 148 valence electrons. The van der Waals surface area contributed by atoms with Crippen molar-refractivity contribution in [2.24, 2.45) is 23.7 Å². The van der Waals surface area contributed by atoms with Crippen LogP contribution in [0.3, 0.4) is 0 Å². The molecule has 0 radical (unpaired) electrons. The Hall–Kier alpha value is -3.04. The lowest BCUT2D eigenvalue weighted by molar-refractivity contribution is -0.151. The van der Waals surface area contributed by atoms with Gasteiger partial charge in [0.25, 0.3) is 0 Å². The van der Waals surface area contributed by atoms with Crippen LogP contribution in [0.15, 0.2) is 22.7 Å². The maximum atomic E-state index is 12.3. The highest BCUT2D eigenvalue weighted by molar-refractivity contribution is 5.97. The normalized spacial score (nSPS) is 27.0. The van der Waals surface area contributed by atoms with E-state index in [0.29, 0.717) is 0 Å². The zero-order chi connectivity index (χ0) is 20.5. The van der Waals surface area contributed by atoms with Gasteiger partial charge in [0, 0.05) is 11.8 Å². The highest BCUT2D eigenvalue weighted by Gasteiger charge is 2.56. The number of methoxy groups -OCH3 is 4. The first-order valence-electron chi connectivity index (χ1n) is 7.93. The number of ether oxygens (including phenoxy) is 4. The van der Waals surface area contributed by atoms with Crippen molar-refractivity contribution in [3.05, 3.63) is 22.7 Å². The second kappa shape index (κ2) is 7.68. The Morgan fingerprint density at radius 1 is 0.704 bits per heavy atom. The molecular weight excluding hydrogens is 364 g/mol. The average Bonchev–Trinajstić information content (AvgIpc) is 2.66. The van der Waals surface area contributed by atoms with Crippen molar-refractivity contribution in [1.29, 1.82) is 0 Å². The molecule has 0 unspecified atom stereocenters. The molecule has 0 saturated heterocycles. The predicted molar refractivity (Wildman–Crippen MR) is 86.0 cm³/mol. The smallest absolute Gasteiger partial charge is 0.337 e. The van der Waals surface area contributed by atoms with E-state index in [0.717, 1.165) is 28.4 Å². The van der Waals surface area contributed by atoms with Crippen LogP contribution < -0.4 is 0 Å². The Morgan fingerprint density at radius 3 is 1.30 bits per heavy atom. The molecule has 0 aromatic carbocycles. The third kappa shape index (κ3) is 3.11. The van der Waals surface area contributed by atoms with E-state index in [2.05, 4.69) is 18.9 Å². The number of hydrogen-bond acceptors (Lipinski definition) is 10. The van der Waals surface area contributed by atoms with E-state index in [4.69, 9.17) is 0 Å². The molecule has 2 N–H and O–H groups in total. The van der Waals surface area contributed by atoms with Gasteiger partial charge in [0.15, 0.2) is 0 Å². The van der Waals surface area contributed by atoms with Gasteiger partial charge in [-0.1, -0.05) is 0 Å². The Kier molecular flexibility index (Phi) is 5.77. The van der Waals surface area contributed by atoms with E-state index in [1.54, 1.807) is 0 Å². The molecule has 0 aromatic rings. The van der Waals surface area contributed by atoms with Crippen LogP contribution in [-0.2, 0) is 38.1 Å². The first-order chi connectivity index (χ1) is 12.7. The molecule has 10 heteroatoms. The van der Waals surface area contributed by atoms with Crippen molar-refractivity contribution in [2.75, 3.05) is 28.4 Å². The van der Waals surface area contributed by atoms with Crippen LogP contribution in [0.5, 0.6) is 0 Å². The summed E-state index contributed by atoms with van der Waals surface area (Å²) in [5.74, 6) is -10.2. The van der Waals surface area contributed by atoms with Gasteiger partial charge in [-0.05, 0) is 6.42 Å². The second-order valence-electron chi connectivity index (χ2n) is 6.03. The molecule has 0 aliphatic heterocycles. The third-order valence-corrected chi connectivity index (χ3v) is 4.92. The number of carbonyl (C=O) groups is 4.